The molecular formula is C17H30N4O3S. The zero-order chi connectivity index (χ0) is 18.8. The summed E-state index contributed by atoms with van der Waals surface area (Å²) in [5, 5.41) is 4.34. The molecule has 0 N–H and O–H groups in total. The smallest absolute Gasteiger partial charge is 0.246 e. The molecule has 0 atom stereocenters. The number of aromatic nitrogens is 2. The predicted molar refractivity (Wildman–Crippen MR) is 96.8 cm³/mol. The van der Waals surface area contributed by atoms with Crippen LogP contribution in [0.3, 0.4) is 0 Å². The summed E-state index contributed by atoms with van der Waals surface area (Å²) in [4.78, 5) is 14.3. The molecule has 1 aliphatic rings. The number of nitrogens with zero attached hydrogens (tertiary/aromatic N) is 4. The van der Waals surface area contributed by atoms with Crippen molar-refractivity contribution >= 4 is 15.9 Å². The number of piperidine rings is 1. The summed E-state index contributed by atoms with van der Waals surface area (Å²) >= 11 is 0. The third-order valence-electron chi connectivity index (χ3n) is 5.06. The number of likely N-dealkylation sites (N-methyl/N-ethyl adjacent to an activating group) is 1. The van der Waals surface area contributed by atoms with E-state index < -0.39 is 10.0 Å². The Morgan fingerprint density at radius 3 is 2.28 bits per heavy atom. The summed E-state index contributed by atoms with van der Waals surface area (Å²) in [5.41, 5.74) is 1.00. The largest absolute Gasteiger partial charge is 0.342 e. The average molecular weight is 371 g/mol. The van der Waals surface area contributed by atoms with E-state index >= 15 is 0 Å². The van der Waals surface area contributed by atoms with Crippen molar-refractivity contribution in [2.75, 3.05) is 26.2 Å². The molecule has 25 heavy (non-hydrogen) atoms. The molecule has 1 fully saturated rings. The van der Waals surface area contributed by atoms with Crippen molar-refractivity contribution in [2.24, 2.45) is 5.92 Å². The van der Waals surface area contributed by atoms with Gasteiger partial charge < -0.3 is 4.90 Å². The van der Waals surface area contributed by atoms with E-state index in [1.54, 1.807) is 23.1 Å². The van der Waals surface area contributed by atoms with Crippen LogP contribution in [-0.4, -0.2) is 59.5 Å². The minimum atomic E-state index is -3.57. The van der Waals surface area contributed by atoms with Crippen LogP contribution in [0.1, 0.15) is 45.0 Å². The zero-order valence-corrected chi connectivity index (χ0v) is 16.8. The molecule has 0 saturated carbocycles. The standard InChI is InChI=1S/C17H30N4O3S/c1-6-19(7-2)16(22)12-21-15(5)17(14(4)18-21)25(23,24)20-10-8-13(3)9-11-20/h13H,6-12H2,1-5H3. The van der Waals surface area contributed by atoms with Crippen LogP contribution < -0.4 is 0 Å². The fraction of sp³-hybridized carbons (Fsp3) is 0.765. The molecule has 142 valence electrons. The lowest BCUT2D eigenvalue weighted by atomic mass is 10.0. The first-order chi connectivity index (χ1) is 11.7. The number of hydrogen-bond acceptors (Lipinski definition) is 4. The summed E-state index contributed by atoms with van der Waals surface area (Å²) in [6.45, 7) is 11.9. The van der Waals surface area contributed by atoms with Gasteiger partial charge in [0.05, 0.1) is 11.4 Å². The van der Waals surface area contributed by atoms with Gasteiger partial charge in [-0.1, -0.05) is 6.92 Å². The number of carbonyl (C=O) groups is 1. The van der Waals surface area contributed by atoms with Crippen LogP contribution in [0.2, 0.25) is 0 Å². The summed E-state index contributed by atoms with van der Waals surface area (Å²) in [7, 11) is -3.57. The lowest BCUT2D eigenvalue weighted by Crippen LogP contribution is -2.38. The summed E-state index contributed by atoms with van der Waals surface area (Å²) < 4.78 is 29.2. The molecule has 1 aromatic rings. The maximum atomic E-state index is 13.1. The van der Waals surface area contributed by atoms with Crippen LogP contribution in [0.15, 0.2) is 4.90 Å². The van der Waals surface area contributed by atoms with E-state index in [0.29, 0.717) is 43.5 Å². The molecule has 1 saturated heterocycles. The van der Waals surface area contributed by atoms with E-state index in [2.05, 4.69) is 12.0 Å². The monoisotopic (exact) mass is 370 g/mol. The van der Waals surface area contributed by atoms with Gasteiger partial charge in [-0.05, 0) is 46.5 Å². The van der Waals surface area contributed by atoms with Crippen LogP contribution in [-0.2, 0) is 21.4 Å². The number of rotatable bonds is 6. The van der Waals surface area contributed by atoms with Gasteiger partial charge in [-0.15, -0.1) is 0 Å². The fourth-order valence-electron chi connectivity index (χ4n) is 3.37. The number of amides is 1. The highest BCUT2D eigenvalue weighted by Crippen LogP contribution is 2.27. The van der Waals surface area contributed by atoms with Crippen molar-refractivity contribution in [3.05, 3.63) is 11.4 Å². The van der Waals surface area contributed by atoms with Gasteiger partial charge >= 0.3 is 0 Å². The summed E-state index contributed by atoms with van der Waals surface area (Å²) in [6.07, 6.45) is 1.76. The fourth-order valence-corrected chi connectivity index (χ4v) is 5.21. The Labute approximate surface area is 151 Å². The topological polar surface area (TPSA) is 75.5 Å². The number of sulfonamides is 1. The molecule has 1 amide bonds. The van der Waals surface area contributed by atoms with Gasteiger partial charge in [0.2, 0.25) is 15.9 Å². The first-order valence-corrected chi connectivity index (χ1v) is 10.5. The molecule has 0 spiro atoms. The van der Waals surface area contributed by atoms with Gasteiger partial charge in [-0.3, -0.25) is 9.48 Å². The molecule has 7 nitrogen and oxygen atoms in total. The highest BCUT2D eigenvalue weighted by molar-refractivity contribution is 7.89. The molecule has 1 aliphatic heterocycles. The molecule has 0 bridgehead atoms. The second-order valence-corrected chi connectivity index (χ2v) is 8.69. The van der Waals surface area contributed by atoms with Gasteiger partial charge in [0.25, 0.3) is 0 Å². The molecule has 8 heteroatoms. The quantitative estimate of drug-likeness (QED) is 0.765. The van der Waals surface area contributed by atoms with Crippen molar-refractivity contribution < 1.29 is 13.2 Å². The second-order valence-electron chi connectivity index (χ2n) is 6.81. The lowest BCUT2D eigenvalue weighted by Gasteiger charge is -2.29. The Balaban J connectivity index is 2.28. The van der Waals surface area contributed by atoms with Crippen molar-refractivity contribution in [3.8, 4) is 0 Å². The van der Waals surface area contributed by atoms with E-state index in [4.69, 9.17) is 0 Å². The summed E-state index contributed by atoms with van der Waals surface area (Å²) in [5.74, 6) is 0.509. The Morgan fingerprint density at radius 1 is 1.20 bits per heavy atom. The summed E-state index contributed by atoms with van der Waals surface area (Å²) in [6, 6.07) is 0. The van der Waals surface area contributed by atoms with E-state index in [0.717, 1.165) is 12.8 Å². The predicted octanol–water partition coefficient (Wildman–Crippen LogP) is 1.79. The van der Waals surface area contributed by atoms with Crippen LogP contribution >= 0.6 is 0 Å². The minimum absolute atomic E-state index is 0.0497. The lowest BCUT2D eigenvalue weighted by molar-refractivity contribution is -0.131. The highest BCUT2D eigenvalue weighted by atomic mass is 32.2. The maximum Gasteiger partial charge on any atom is 0.246 e. The Morgan fingerprint density at radius 2 is 1.76 bits per heavy atom. The molecule has 0 unspecified atom stereocenters. The van der Waals surface area contributed by atoms with Gasteiger partial charge in [0.15, 0.2) is 0 Å². The van der Waals surface area contributed by atoms with Crippen molar-refractivity contribution in [3.63, 3.8) is 0 Å². The van der Waals surface area contributed by atoms with Gasteiger partial charge in [-0.2, -0.15) is 9.40 Å². The van der Waals surface area contributed by atoms with Crippen LogP contribution in [0, 0.1) is 19.8 Å². The Hall–Kier alpha value is -1.41. The average Bonchev–Trinajstić information content (AvgIpc) is 2.83. The van der Waals surface area contributed by atoms with E-state index in [1.807, 2.05) is 13.8 Å². The first-order valence-electron chi connectivity index (χ1n) is 9.04. The minimum Gasteiger partial charge on any atom is -0.342 e. The molecule has 0 aromatic carbocycles. The van der Waals surface area contributed by atoms with E-state index in [1.165, 1.54) is 4.68 Å². The Kier molecular flexibility index (Phi) is 6.26. The second kappa shape index (κ2) is 7.86. The Bertz CT molecular complexity index is 714. The molecule has 1 aromatic heterocycles. The third kappa shape index (κ3) is 4.06. The zero-order valence-electron chi connectivity index (χ0n) is 15.9. The molecular weight excluding hydrogens is 340 g/mol. The van der Waals surface area contributed by atoms with Gasteiger partial charge in [0, 0.05) is 26.2 Å². The van der Waals surface area contributed by atoms with Crippen molar-refractivity contribution in [2.45, 2.75) is 58.9 Å². The van der Waals surface area contributed by atoms with Crippen molar-refractivity contribution in [1.82, 2.24) is 19.0 Å². The number of carbonyl (C=O) groups excluding carboxylic acids is 1. The molecule has 2 rings (SSSR count). The number of hydrogen-bond donors (Lipinski definition) is 0. The van der Waals surface area contributed by atoms with Gasteiger partial charge in [0.1, 0.15) is 11.4 Å². The molecule has 0 aliphatic carbocycles. The van der Waals surface area contributed by atoms with Crippen LogP contribution in [0.25, 0.3) is 0 Å². The highest BCUT2D eigenvalue weighted by Gasteiger charge is 2.33. The van der Waals surface area contributed by atoms with E-state index in [9.17, 15) is 13.2 Å². The van der Waals surface area contributed by atoms with Gasteiger partial charge in [-0.25, -0.2) is 8.42 Å². The van der Waals surface area contributed by atoms with Crippen LogP contribution in [0.4, 0.5) is 0 Å². The maximum absolute atomic E-state index is 13.1. The molecule has 2 heterocycles. The normalized spacial score (nSPS) is 17.0. The first kappa shape index (κ1) is 19.9. The molecule has 0 radical (unpaired) electrons. The van der Waals surface area contributed by atoms with Crippen LogP contribution in [0.5, 0.6) is 0 Å². The third-order valence-corrected chi connectivity index (χ3v) is 7.21. The van der Waals surface area contributed by atoms with Crippen molar-refractivity contribution in [1.29, 1.82) is 0 Å². The number of aryl methyl sites for hydroxylation is 1. The SMILES string of the molecule is CCN(CC)C(=O)Cn1nc(C)c(S(=O)(=O)N2CCC(C)CC2)c1C. The van der Waals surface area contributed by atoms with E-state index in [-0.39, 0.29) is 17.3 Å².